The average molecular weight is 1050 g/mol. The summed E-state index contributed by atoms with van der Waals surface area (Å²) in [5.74, 6) is -1.55. The SMILES string of the molecule is CCCCCCCCCCCCCCCCCCCCOC(=O)c1cc(C(=O)OCCCCCCCCCCCCCCCCCCCC)cc(C(=O)OCCCCCCCCCCCCCCCCCCCC)c1. The Morgan fingerprint density at radius 3 is 0.467 bits per heavy atom. The molecule has 75 heavy (non-hydrogen) atoms. The van der Waals surface area contributed by atoms with Gasteiger partial charge in [0.15, 0.2) is 0 Å². The van der Waals surface area contributed by atoms with Gasteiger partial charge in [-0.25, -0.2) is 14.4 Å². The number of hydrogen-bond donors (Lipinski definition) is 0. The van der Waals surface area contributed by atoms with Crippen molar-refractivity contribution < 1.29 is 28.6 Å². The van der Waals surface area contributed by atoms with Crippen LogP contribution in [0.4, 0.5) is 0 Å². The van der Waals surface area contributed by atoms with Crippen molar-refractivity contribution >= 4 is 17.9 Å². The molecule has 438 valence electrons. The molecule has 0 radical (unpaired) electrons. The fourth-order valence-electron chi connectivity index (χ4n) is 10.7. The van der Waals surface area contributed by atoms with E-state index in [-0.39, 0.29) is 16.7 Å². The van der Waals surface area contributed by atoms with Crippen LogP contribution in [0.1, 0.15) is 399 Å². The minimum Gasteiger partial charge on any atom is -0.462 e. The molecule has 0 amide bonds. The predicted octanol–water partition coefficient (Wildman–Crippen LogP) is 23.3. The summed E-state index contributed by atoms with van der Waals surface area (Å²) in [5, 5.41) is 0. The molecule has 1 aromatic carbocycles. The molecule has 0 N–H and O–H groups in total. The van der Waals surface area contributed by atoms with Gasteiger partial charge in [0.05, 0.1) is 36.5 Å². The van der Waals surface area contributed by atoms with Crippen LogP contribution in [0.2, 0.25) is 0 Å². The first kappa shape index (κ1) is 70.6. The third-order valence-corrected chi connectivity index (χ3v) is 15.8. The Hall–Kier alpha value is -2.37. The van der Waals surface area contributed by atoms with E-state index < -0.39 is 17.9 Å². The second-order valence-corrected chi connectivity index (χ2v) is 23.2. The van der Waals surface area contributed by atoms with E-state index in [4.69, 9.17) is 14.2 Å². The molecule has 0 spiro atoms. The van der Waals surface area contributed by atoms with E-state index in [1.807, 2.05) is 0 Å². The number of unbranched alkanes of at least 4 members (excludes halogenated alkanes) is 51. The maximum absolute atomic E-state index is 13.3. The summed E-state index contributed by atoms with van der Waals surface area (Å²) in [6.07, 6.45) is 70.5. The highest BCUT2D eigenvalue weighted by molar-refractivity contribution is 6.00. The van der Waals surface area contributed by atoms with Crippen LogP contribution in [-0.4, -0.2) is 37.7 Å². The number of carbonyl (C=O) groups excluding carboxylic acids is 3. The van der Waals surface area contributed by atoms with Gasteiger partial charge >= 0.3 is 17.9 Å². The normalized spacial score (nSPS) is 11.4. The van der Waals surface area contributed by atoms with Gasteiger partial charge in [0.2, 0.25) is 0 Å². The molecule has 0 aliphatic rings. The van der Waals surface area contributed by atoms with Crippen molar-refractivity contribution in [3.8, 4) is 0 Å². The predicted molar refractivity (Wildman–Crippen MR) is 324 cm³/mol. The van der Waals surface area contributed by atoms with Gasteiger partial charge in [-0.1, -0.05) is 348 Å². The van der Waals surface area contributed by atoms with Crippen molar-refractivity contribution in [2.24, 2.45) is 0 Å². The van der Waals surface area contributed by atoms with E-state index in [1.165, 1.54) is 307 Å². The third kappa shape index (κ3) is 48.5. The van der Waals surface area contributed by atoms with Crippen molar-refractivity contribution in [2.45, 2.75) is 367 Å². The van der Waals surface area contributed by atoms with Gasteiger partial charge in [-0.15, -0.1) is 0 Å². The largest absolute Gasteiger partial charge is 0.462 e. The molecule has 1 aromatic rings. The third-order valence-electron chi connectivity index (χ3n) is 15.8. The van der Waals surface area contributed by atoms with E-state index in [0.29, 0.717) is 19.8 Å². The van der Waals surface area contributed by atoms with Crippen LogP contribution < -0.4 is 0 Å². The first-order valence-corrected chi connectivity index (χ1v) is 33.7. The van der Waals surface area contributed by atoms with Gasteiger partial charge in [-0.05, 0) is 37.5 Å². The lowest BCUT2D eigenvalue weighted by molar-refractivity contribution is 0.0494. The fraction of sp³-hybridized carbons (Fsp3) is 0.870. The number of carbonyl (C=O) groups is 3. The molecule has 0 unspecified atom stereocenters. The summed E-state index contributed by atoms with van der Waals surface area (Å²) >= 11 is 0. The number of esters is 3. The van der Waals surface area contributed by atoms with Crippen LogP contribution >= 0.6 is 0 Å². The molecular formula is C69H126O6. The Kier molecular flexibility index (Phi) is 54.4. The molecule has 6 heteroatoms. The molecule has 0 aliphatic carbocycles. The standard InChI is InChI=1S/C69H126O6/c1-4-7-10-13-16-19-22-25-28-31-34-37-40-43-46-49-52-55-58-73-67(70)64-61-65(68(71)74-59-56-53-50-47-44-41-38-35-32-29-26-23-20-17-14-11-8-5-2)63-66(62-64)69(72)75-60-57-54-51-48-45-42-39-36-33-30-27-24-21-18-15-12-9-6-3/h61-63H,4-60H2,1-3H3. The van der Waals surface area contributed by atoms with Crippen LogP contribution in [-0.2, 0) is 14.2 Å². The maximum Gasteiger partial charge on any atom is 0.338 e. The fourth-order valence-corrected chi connectivity index (χ4v) is 10.7. The minimum absolute atomic E-state index is 0.195. The lowest BCUT2D eigenvalue weighted by atomic mass is 10.0. The van der Waals surface area contributed by atoms with E-state index in [1.54, 1.807) is 0 Å². The molecule has 0 heterocycles. The van der Waals surface area contributed by atoms with Gasteiger partial charge < -0.3 is 14.2 Å². The second kappa shape index (κ2) is 57.8. The van der Waals surface area contributed by atoms with Crippen molar-refractivity contribution in [2.75, 3.05) is 19.8 Å². The second-order valence-electron chi connectivity index (χ2n) is 23.2. The molecule has 1 rings (SSSR count). The van der Waals surface area contributed by atoms with Crippen LogP contribution in [0.15, 0.2) is 18.2 Å². The van der Waals surface area contributed by atoms with Crippen molar-refractivity contribution in [1.82, 2.24) is 0 Å². The summed E-state index contributed by atoms with van der Waals surface area (Å²) in [4.78, 5) is 40.0. The zero-order valence-electron chi connectivity index (χ0n) is 50.5. The number of rotatable bonds is 60. The highest BCUT2D eigenvalue weighted by atomic mass is 16.5. The average Bonchev–Trinajstić information content (AvgIpc) is 3.42. The Morgan fingerprint density at radius 2 is 0.333 bits per heavy atom. The molecule has 0 bridgehead atoms. The summed E-state index contributed by atoms with van der Waals surface area (Å²) in [7, 11) is 0. The van der Waals surface area contributed by atoms with E-state index in [9.17, 15) is 14.4 Å². The summed E-state index contributed by atoms with van der Waals surface area (Å²) < 4.78 is 17.1. The molecule has 0 saturated heterocycles. The first-order valence-electron chi connectivity index (χ1n) is 33.7. The Labute approximate surface area is 466 Å². The van der Waals surface area contributed by atoms with E-state index >= 15 is 0 Å². The van der Waals surface area contributed by atoms with Crippen LogP contribution in [0.25, 0.3) is 0 Å². The number of ether oxygens (including phenoxy) is 3. The van der Waals surface area contributed by atoms with Crippen molar-refractivity contribution in [1.29, 1.82) is 0 Å². The zero-order valence-corrected chi connectivity index (χ0v) is 50.5. The first-order chi connectivity index (χ1) is 37.0. The van der Waals surface area contributed by atoms with Crippen molar-refractivity contribution in [3.05, 3.63) is 34.9 Å². The smallest absolute Gasteiger partial charge is 0.338 e. The highest BCUT2D eigenvalue weighted by Gasteiger charge is 2.19. The van der Waals surface area contributed by atoms with Gasteiger partial charge in [0.1, 0.15) is 0 Å². The molecule has 0 atom stereocenters. The van der Waals surface area contributed by atoms with Gasteiger partial charge in [-0.2, -0.15) is 0 Å². The monoisotopic (exact) mass is 1050 g/mol. The Morgan fingerprint density at radius 1 is 0.213 bits per heavy atom. The van der Waals surface area contributed by atoms with Crippen molar-refractivity contribution in [3.63, 3.8) is 0 Å². The molecular weight excluding hydrogens is 925 g/mol. The maximum atomic E-state index is 13.3. The summed E-state index contributed by atoms with van der Waals surface area (Å²) in [5.41, 5.74) is 0.584. The number of benzene rings is 1. The van der Waals surface area contributed by atoms with E-state index in [0.717, 1.165) is 57.8 Å². The summed E-state index contributed by atoms with van der Waals surface area (Å²) in [6.45, 7) is 7.83. The zero-order chi connectivity index (χ0) is 54.0. The minimum atomic E-state index is -0.516. The Bertz CT molecular complexity index is 1200. The van der Waals surface area contributed by atoms with Crippen LogP contribution in [0.5, 0.6) is 0 Å². The Balaban J connectivity index is 2.39. The van der Waals surface area contributed by atoms with Crippen LogP contribution in [0.3, 0.4) is 0 Å². The summed E-state index contributed by atoms with van der Waals surface area (Å²) in [6, 6.07) is 4.55. The van der Waals surface area contributed by atoms with Gasteiger partial charge in [0.25, 0.3) is 0 Å². The molecule has 0 fully saturated rings. The number of hydrogen-bond acceptors (Lipinski definition) is 6. The molecule has 0 saturated carbocycles. The van der Waals surface area contributed by atoms with E-state index in [2.05, 4.69) is 20.8 Å². The highest BCUT2D eigenvalue weighted by Crippen LogP contribution is 2.20. The molecule has 0 aromatic heterocycles. The van der Waals surface area contributed by atoms with Crippen LogP contribution in [0, 0.1) is 0 Å². The molecule has 6 nitrogen and oxygen atoms in total. The topological polar surface area (TPSA) is 78.9 Å². The lowest BCUT2D eigenvalue weighted by Gasteiger charge is -2.11. The molecule has 0 aliphatic heterocycles. The van der Waals surface area contributed by atoms with Gasteiger partial charge in [-0.3, -0.25) is 0 Å². The van der Waals surface area contributed by atoms with Gasteiger partial charge in [0, 0.05) is 0 Å². The quantitative estimate of drug-likeness (QED) is 0.0367. The lowest BCUT2D eigenvalue weighted by Crippen LogP contribution is -2.14.